The number of carbonyl (C=O) groups excluding carboxylic acids is 2. The predicted molar refractivity (Wildman–Crippen MR) is 155 cm³/mol. The normalized spacial score (nSPS) is 24.5. The Morgan fingerprint density at radius 3 is 2.26 bits per heavy atom. The number of benzene rings is 2. The van der Waals surface area contributed by atoms with Crippen molar-refractivity contribution in [1.82, 2.24) is 20.3 Å². The second-order valence-corrected chi connectivity index (χ2v) is 11.6. The van der Waals surface area contributed by atoms with Crippen molar-refractivity contribution in [2.75, 3.05) is 19.5 Å². The maximum absolute atomic E-state index is 13.4. The highest BCUT2D eigenvalue weighted by molar-refractivity contribution is 6.13. The van der Waals surface area contributed by atoms with Crippen LogP contribution in [0.5, 0.6) is 23.0 Å². The first-order valence-electron chi connectivity index (χ1n) is 14.0. The van der Waals surface area contributed by atoms with Crippen LogP contribution in [0.4, 0.5) is 5.69 Å². The number of anilines is 1. The van der Waals surface area contributed by atoms with Crippen molar-refractivity contribution in [2.45, 2.75) is 43.6 Å². The lowest BCUT2D eigenvalue weighted by molar-refractivity contribution is -0.174. The summed E-state index contributed by atoms with van der Waals surface area (Å²) in [6, 6.07) is 12.5. The number of rotatable bonds is 9. The van der Waals surface area contributed by atoms with Gasteiger partial charge in [-0.1, -0.05) is 6.92 Å². The number of hydrogen-bond acceptors (Lipinski definition) is 8. The molecule has 1 atom stereocenters. The van der Waals surface area contributed by atoms with E-state index in [4.69, 9.17) is 14.2 Å². The molecule has 4 aliphatic carbocycles. The number of methoxy groups -OCH3 is 2. The topological polar surface area (TPSA) is 125 Å². The third-order valence-electron chi connectivity index (χ3n) is 9.52. The van der Waals surface area contributed by atoms with Gasteiger partial charge in [-0.15, -0.1) is 0 Å². The van der Waals surface area contributed by atoms with E-state index in [0.717, 1.165) is 23.9 Å². The summed E-state index contributed by atoms with van der Waals surface area (Å²) < 4.78 is 17.0. The zero-order valence-electron chi connectivity index (χ0n) is 23.6. The van der Waals surface area contributed by atoms with Crippen molar-refractivity contribution in [3.05, 3.63) is 72.9 Å². The van der Waals surface area contributed by atoms with E-state index in [2.05, 4.69) is 32.5 Å². The molecule has 2 aromatic carbocycles. The molecule has 10 nitrogen and oxygen atoms in total. The fraction of sp³-hybridized carbons (Fsp3) is 0.344. The van der Waals surface area contributed by atoms with E-state index in [1.165, 1.54) is 0 Å². The van der Waals surface area contributed by atoms with E-state index in [1.807, 2.05) is 12.3 Å². The molecule has 2 aromatic heterocycles. The fourth-order valence-corrected chi connectivity index (χ4v) is 6.66. The molecule has 0 aliphatic heterocycles. The number of fused-ring (bicyclic) bond motifs is 1. The summed E-state index contributed by atoms with van der Waals surface area (Å²) in [4.78, 5) is 39.8. The van der Waals surface area contributed by atoms with Crippen molar-refractivity contribution in [2.24, 2.45) is 11.3 Å². The van der Waals surface area contributed by atoms with Crippen LogP contribution in [0.1, 0.15) is 38.3 Å². The van der Waals surface area contributed by atoms with Crippen LogP contribution >= 0.6 is 0 Å². The van der Waals surface area contributed by atoms with Crippen LogP contribution in [0.15, 0.2) is 67.3 Å². The molecule has 4 fully saturated rings. The monoisotopic (exact) mass is 565 g/mol. The molecule has 0 saturated heterocycles. The summed E-state index contributed by atoms with van der Waals surface area (Å²) >= 11 is 0. The van der Waals surface area contributed by atoms with Gasteiger partial charge in [-0.2, -0.15) is 0 Å². The number of carbonyl (C=O) groups is 2. The van der Waals surface area contributed by atoms with Gasteiger partial charge in [0.05, 0.1) is 25.4 Å². The molecule has 2 bridgehead atoms. The van der Waals surface area contributed by atoms with Crippen LogP contribution in [0.2, 0.25) is 0 Å². The van der Waals surface area contributed by atoms with E-state index < -0.39 is 5.41 Å². The molecule has 4 saturated carbocycles. The number of nitrogens with one attached hydrogen (secondary N) is 2. The molecule has 0 radical (unpaired) electrons. The minimum absolute atomic E-state index is 0.0220. The van der Waals surface area contributed by atoms with Gasteiger partial charge >= 0.3 is 0 Å². The number of aromatic nitrogens is 3. The highest BCUT2D eigenvalue weighted by atomic mass is 16.5. The highest BCUT2D eigenvalue weighted by Gasteiger charge is 2.76. The third-order valence-corrected chi connectivity index (χ3v) is 9.52. The molecule has 0 spiro atoms. The van der Waals surface area contributed by atoms with Gasteiger partial charge in [0.25, 0.3) is 0 Å². The third kappa shape index (κ3) is 3.88. The second-order valence-electron chi connectivity index (χ2n) is 11.6. The zero-order chi connectivity index (χ0) is 29.1. The Hall–Kier alpha value is -4.73. The summed E-state index contributed by atoms with van der Waals surface area (Å²) in [6.45, 7) is 2.15. The number of ether oxygens (including phenoxy) is 3. The van der Waals surface area contributed by atoms with E-state index in [1.54, 1.807) is 69.2 Å². The zero-order valence-corrected chi connectivity index (χ0v) is 23.6. The quantitative estimate of drug-likeness (QED) is 0.278. The highest BCUT2D eigenvalue weighted by Crippen LogP contribution is 2.71. The van der Waals surface area contributed by atoms with Crippen molar-refractivity contribution in [1.29, 1.82) is 0 Å². The molecule has 0 unspecified atom stereocenters. The molecule has 2 amide bonds. The van der Waals surface area contributed by atoms with Crippen LogP contribution in [-0.4, -0.2) is 46.5 Å². The van der Waals surface area contributed by atoms with Crippen molar-refractivity contribution in [3.63, 3.8) is 0 Å². The average Bonchev–Trinajstić information content (AvgIpc) is 3.82. The van der Waals surface area contributed by atoms with Gasteiger partial charge in [-0.25, -0.2) is 0 Å². The lowest BCUT2D eigenvalue weighted by atomic mass is 9.32. The molecule has 42 heavy (non-hydrogen) atoms. The Morgan fingerprint density at radius 2 is 1.62 bits per heavy atom. The Bertz CT molecular complexity index is 1700. The van der Waals surface area contributed by atoms with Gasteiger partial charge in [-0.05, 0) is 68.0 Å². The molecular weight excluding hydrogens is 534 g/mol. The van der Waals surface area contributed by atoms with E-state index in [0.29, 0.717) is 47.0 Å². The van der Waals surface area contributed by atoms with E-state index in [9.17, 15) is 9.59 Å². The van der Waals surface area contributed by atoms with Crippen molar-refractivity contribution < 1.29 is 23.8 Å². The van der Waals surface area contributed by atoms with Crippen molar-refractivity contribution >= 4 is 28.4 Å². The van der Waals surface area contributed by atoms with Crippen LogP contribution in [0.3, 0.4) is 0 Å². The molecule has 4 aromatic rings. The van der Waals surface area contributed by atoms with Crippen LogP contribution in [-0.2, 0) is 15.0 Å². The summed E-state index contributed by atoms with van der Waals surface area (Å²) in [5, 5.41) is 6.96. The molecule has 2 heterocycles. The molecular formula is C32H31N5O5. The number of amides is 2. The lowest BCUT2D eigenvalue weighted by Gasteiger charge is -2.75. The molecule has 8 rings (SSSR count). The Kier molecular flexibility index (Phi) is 5.86. The van der Waals surface area contributed by atoms with Gasteiger partial charge in [0.15, 0.2) is 11.5 Å². The summed E-state index contributed by atoms with van der Waals surface area (Å²) in [7, 11) is 3.16. The Balaban J connectivity index is 1.000. The lowest BCUT2D eigenvalue weighted by Crippen LogP contribution is -2.83. The van der Waals surface area contributed by atoms with Crippen molar-refractivity contribution in [3.8, 4) is 23.0 Å². The number of hydrogen-bond donors (Lipinski definition) is 2. The Morgan fingerprint density at radius 1 is 0.881 bits per heavy atom. The minimum Gasteiger partial charge on any atom is -0.493 e. The predicted octanol–water partition coefficient (Wildman–Crippen LogP) is 4.79. The Labute approximate surface area is 242 Å². The summed E-state index contributed by atoms with van der Waals surface area (Å²) in [5.74, 6) is 2.14. The van der Waals surface area contributed by atoms with Crippen LogP contribution < -0.4 is 24.8 Å². The smallest absolute Gasteiger partial charge is 0.240 e. The second kappa shape index (κ2) is 9.40. The average molecular weight is 566 g/mol. The minimum atomic E-state index is -1.03. The van der Waals surface area contributed by atoms with Crippen LogP contribution in [0.25, 0.3) is 10.9 Å². The van der Waals surface area contributed by atoms with E-state index in [-0.39, 0.29) is 28.7 Å². The molecule has 10 heteroatoms. The van der Waals surface area contributed by atoms with E-state index >= 15 is 0 Å². The largest absolute Gasteiger partial charge is 0.493 e. The first-order chi connectivity index (χ1) is 20.3. The molecule has 2 N–H and O–H groups in total. The van der Waals surface area contributed by atoms with Gasteiger partial charge in [0.2, 0.25) is 11.8 Å². The standard InChI is InChI=1S/C32H31N5O5/c1-19-31(27-16-33-12-13-35-27)17-32(19,18-31)37-29(39)30(9-10-30)28(38)36-20-4-6-21(7-5-20)42-24-8-11-34-23-15-26(41-3)25(40-2)14-22(23)24/h4-8,11-16,19H,9-10,17-18H2,1-3H3,(H,36,38)(H,37,39)/t19-,31?,32?/m1/s1. The van der Waals surface area contributed by atoms with Crippen LogP contribution in [0, 0.1) is 11.3 Å². The number of pyridine rings is 1. The maximum Gasteiger partial charge on any atom is 0.240 e. The number of nitrogens with zero attached hydrogens (tertiary/aromatic N) is 3. The summed E-state index contributed by atoms with van der Waals surface area (Å²) in [6.07, 6.45) is 9.61. The first kappa shape index (κ1) is 26.2. The summed E-state index contributed by atoms with van der Waals surface area (Å²) in [5.41, 5.74) is 0.968. The SMILES string of the molecule is COc1cc2nccc(Oc3ccc(NC(=O)C4(C(=O)NC56CC(c7cnccn7)(C5)[C@H]6C)CC4)cc3)c2cc1OC. The van der Waals surface area contributed by atoms with Gasteiger partial charge in [0.1, 0.15) is 16.9 Å². The maximum atomic E-state index is 13.4. The fourth-order valence-electron chi connectivity index (χ4n) is 6.66. The molecule has 214 valence electrons. The molecule has 4 aliphatic rings. The van der Waals surface area contributed by atoms with Gasteiger partial charge in [0, 0.05) is 52.9 Å². The van der Waals surface area contributed by atoms with Gasteiger partial charge in [-0.3, -0.25) is 24.5 Å². The van der Waals surface area contributed by atoms with Gasteiger partial charge < -0.3 is 24.8 Å². The first-order valence-corrected chi connectivity index (χ1v) is 14.0.